The number of aliphatic imine (C=N–C) groups is 1. The molecule has 1 atom stereocenters. The van der Waals surface area contributed by atoms with Gasteiger partial charge in [0, 0.05) is 16.7 Å². The maximum atomic E-state index is 13.2. The zero-order chi connectivity index (χ0) is 22.1. The number of nitrogens with zero attached hydrogens (tertiary/aromatic N) is 3. The monoisotopic (exact) mass is 427 g/mol. The van der Waals surface area contributed by atoms with Gasteiger partial charge >= 0.3 is 6.01 Å². The number of fused-ring (bicyclic) bond motifs is 1. The van der Waals surface area contributed by atoms with Crippen molar-refractivity contribution >= 4 is 23.3 Å². The van der Waals surface area contributed by atoms with Gasteiger partial charge in [0.2, 0.25) is 11.6 Å². The summed E-state index contributed by atoms with van der Waals surface area (Å²) in [4.78, 5) is 18.0. The molecule has 2 heterocycles. The molecule has 32 heavy (non-hydrogen) atoms. The van der Waals surface area contributed by atoms with E-state index in [2.05, 4.69) is 20.8 Å². The SMILES string of the molecule is C[C@]1(Nc2nnc(-c3ccc(F)cc3)o2)N=C(c2ccccc2)c2ccccc2NC1=O. The molecular formula is C24H18FN5O2. The van der Waals surface area contributed by atoms with Crippen molar-refractivity contribution in [2.24, 2.45) is 4.99 Å². The van der Waals surface area contributed by atoms with Gasteiger partial charge in [0.15, 0.2) is 0 Å². The molecule has 158 valence electrons. The zero-order valence-corrected chi connectivity index (χ0v) is 17.0. The van der Waals surface area contributed by atoms with Gasteiger partial charge in [-0.1, -0.05) is 53.6 Å². The van der Waals surface area contributed by atoms with Crippen LogP contribution >= 0.6 is 0 Å². The fourth-order valence-corrected chi connectivity index (χ4v) is 3.47. The van der Waals surface area contributed by atoms with Crippen LogP contribution in [-0.4, -0.2) is 27.5 Å². The van der Waals surface area contributed by atoms with Gasteiger partial charge in [-0.3, -0.25) is 4.79 Å². The second-order valence-corrected chi connectivity index (χ2v) is 7.44. The Morgan fingerprint density at radius 3 is 2.41 bits per heavy atom. The molecule has 5 rings (SSSR count). The topological polar surface area (TPSA) is 92.4 Å². The van der Waals surface area contributed by atoms with Gasteiger partial charge in [-0.25, -0.2) is 9.38 Å². The molecule has 0 radical (unpaired) electrons. The first-order chi connectivity index (χ1) is 15.5. The minimum absolute atomic E-state index is 0.0177. The summed E-state index contributed by atoms with van der Waals surface area (Å²) in [6.07, 6.45) is 0. The number of anilines is 2. The molecule has 0 spiro atoms. The van der Waals surface area contributed by atoms with Crippen LogP contribution in [0.4, 0.5) is 16.1 Å². The Bertz CT molecular complexity index is 1320. The number of para-hydroxylation sites is 1. The van der Waals surface area contributed by atoms with Crippen molar-refractivity contribution in [2.75, 3.05) is 10.6 Å². The Balaban J connectivity index is 1.54. The highest BCUT2D eigenvalue weighted by Crippen LogP contribution is 2.29. The molecule has 0 bridgehead atoms. The maximum absolute atomic E-state index is 13.2. The molecule has 1 aromatic heterocycles. The van der Waals surface area contributed by atoms with Gasteiger partial charge in [0.25, 0.3) is 5.91 Å². The number of amides is 1. The molecule has 2 N–H and O–H groups in total. The van der Waals surface area contributed by atoms with Crippen molar-refractivity contribution < 1.29 is 13.6 Å². The average Bonchev–Trinajstić information content (AvgIpc) is 3.23. The lowest BCUT2D eigenvalue weighted by atomic mass is 10.0. The van der Waals surface area contributed by atoms with E-state index < -0.39 is 5.66 Å². The number of hydrogen-bond acceptors (Lipinski definition) is 6. The van der Waals surface area contributed by atoms with E-state index in [0.29, 0.717) is 17.0 Å². The Labute approximate surface area is 183 Å². The summed E-state index contributed by atoms with van der Waals surface area (Å²) in [7, 11) is 0. The summed E-state index contributed by atoms with van der Waals surface area (Å²) >= 11 is 0. The summed E-state index contributed by atoms with van der Waals surface area (Å²) in [6, 6.07) is 22.8. The van der Waals surface area contributed by atoms with E-state index in [0.717, 1.165) is 11.1 Å². The van der Waals surface area contributed by atoms with Crippen LogP contribution in [0.15, 0.2) is 88.3 Å². The minimum atomic E-state index is -1.43. The first kappa shape index (κ1) is 19.6. The Morgan fingerprint density at radius 1 is 0.906 bits per heavy atom. The smallest absolute Gasteiger partial charge is 0.318 e. The van der Waals surface area contributed by atoms with E-state index >= 15 is 0 Å². The number of carbonyl (C=O) groups is 1. The lowest BCUT2D eigenvalue weighted by Crippen LogP contribution is -2.45. The normalized spacial score (nSPS) is 17.7. The molecule has 1 aliphatic heterocycles. The first-order valence-electron chi connectivity index (χ1n) is 9.96. The molecule has 3 aromatic carbocycles. The van der Waals surface area contributed by atoms with Crippen molar-refractivity contribution in [3.8, 4) is 11.5 Å². The van der Waals surface area contributed by atoms with E-state index in [4.69, 9.17) is 9.41 Å². The van der Waals surface area contributed by atoms with E-state index in [1.54, 1.807) is 6.92 Å². The summed E-state index contributed by atoms with van der Waals surface area (Å²) < 4.78 is 18.9. The number of carbonyl (C=O) groups excluding carboxylic acids is 1. The standard InChI is InChI=1S/C24H18FN5O2/c1-24(28-23-30-29-21(32-23)16-11-13-17(25)14-12-16)22(31)26-19-10-6-5-9-18(19)20(27-24)15-7-3-2-4-8-15/h2-14H,1H3,(H,26,31)(H,28,30)/t24-/m1/s1. The van der Waals surface area contributed by atoms with E-state index in [1.165, 1.54) is 24.3 Å². The third-order valence-electron chi connectivity index (χ3n) is 5.12. The number of halogens is 1. The average molecular weight is 427 g/mol. The Kier molecular flexibility index (Phi) is 4.74. The third-order valence-corrected chi connectivity index (χ3v) is 5.12. The highest BCUT2D eigenvalue weighted by Gasteiger charge is 2.38. The van der Waals surface area contributed by atoms with Crippen LogP contribution in [0.5, 0.6) is 0 Å². The molecule has 7 nitrogen and oxygen atoms in total. The van der Waals surface area contributed by atoms with Crippen LogP contribution in [0.2, 0.25) is 0 Å². The summed E-state index contributed by atoms with van der Waals surface area (Å²) in [5.74, 6) is -0.547. The predicted molar refractivity (Wildman–Crippen MR) is 119 cm³/mol. The lowest BCUT2D eigenvalue weighted by molar-refractivity contribution is -0.119. The fourth-order valence-electron chi connectivity index (χ4n) is 3.47. The van der Waals surface area contributed by atoms with Crippen LogP contribution in [0.1, 0.15) is 18.1 Å². The highest BCUT2D eigenvalue weighted by atomic mass is 19.1. The second-order valence-electron chi connectivity index (χ2n) is 7.44. The van der Waals surface area contributed by atoms with Crippen LogP contribution in [0.25, 0.3) is 11.5 Å². The van der Waals surface area contributed by atoms with Crippen molar-refractivity contribution in [1.29, 1.82) is 0 Å². The molecule has 0 saturated carbocycles. The molecule has 0 saturated heterocycles. The molecule has 1 amide bonds. The van der Waals surface area contributed by atoms with Crippen molar-refractivity contribution in [3.05, 3.63) is 95.8 Å². The molecule has 0 aliphatic carbocycles. The van der Waals surface area contributed by atoms with Gasteiger partial charge < -0.3 is 15.1 Å². The van der Waals surface area contributed by atoms with Crippen LogP contribution in [0, 0.1) is 5.82 Å². The van der Waals surface area contributed by atoms with Gasteiger partial charge in [-0.15, -0.1) is 5.10 Å². The van der Waals surface area contributed by atoms with Crippen LogP contribution < -0.4 is 10.6 Å². The number of rotatable bonds is 4. The number of nitrogens with one attached hydrogen (secondary N) is 2. The van der Waals surface area contributed by atoms with E-state index in [-0.39, 0.29) is 23.6 Å². The summed E-state index contributed by atoms with van der Waals surface area (Å²) in [5, 5.41) is 13.9. The quantitative estimate of drug-likeness (QED) is 0.501. The first-order valence-corrected chi connectivity index (χ1v) is 9.96. The van der Waals surface area contributed by atoms with E-state index in [9.17, 15) is 9.18 Å². The zero-order valence-electron chi connectivity index (χ0n) is 17.0. The minimum Gasteiger partial charge on any atom is -0.403 e. The summed E-state index contributed by atoms with van der Waals surface area (Å²) in [6.45, 7) is 1.64. The Morgan fingerprint density at radius 2 is 1.62 bits per heavy atom. The highest BCUT2D eigenvalue weighted by molar-refractivity contribution is 6.20. The predicted octanol–water partition coefficient (Wildman–Crippen LogP) is 4.49. The maximum Gasteiger partial charge on any atom is 0.318 e. The van der Waals surface area contributed by atoms with Crippen molar-refractivity contribution in [2.45, 2.75) is 12.6 Å². The van der Waals surface area contributed by atoms with Crippen molar-refractivity contribution in [1.82, 2.24) is 10.2 Å². The number of benzodiazepines with no additional fused rings is 1. The van der Waals surface area contributed by atoms with Gasteiger partial charge in [-0.05, 0) is 37.3 Å². The van der Waals surface area contributed by atoms with Gasteiger partial charge in [0.1, 0.15) is 5.82 Å². The third kappa shape index (κ3) is 3.62. The number of aromatic nitrogens is 2. The second kappa shape index (κ2) is 7.73. The lowest BCUT2D eigenvalue weighted by Gasteiger charge is -2.23. The van der Waals surface area contributed by atoms with Crippen LogP contribution in [0.3, 0.4) is 0 Å². The van der Waals surface area contributed by atoms with Gasteiger partial charge in [-0.2, -0.15) is 0 Å². The van der Waals surface area contributed by atoms with Gasteiger partial charge in [0.05, 0.1) is 11.4 Å². The summed E-state index contributed by atoms with van der Waals surface area (Å²) in [5.41, 5.74) is 2.09. The molecular weight excluding hydrogens is 409 g/mol. The Hall–Kier alpha value is -4.33. The number of hydrogen-bond donors (Lipinski definition) is 2. The largest absolute Gasteiger partial charge is 0.403 e. The van der Waals surface area contributed by atoms with Crippen LogP contribution in [-0.2, 0) is 4.79 Å². The fraction of sp³-hybridized carbons (Fsp3) is 0.0833. The van der Waals surface area contributed by atoms with Crippen molar-refractivity contribution in [3.63, 3.8) is 0 Å². The number of benzene rings is 3. The molecule has 8 heteroatoms. The molecule has 0 unspecified atom stereocenters. The molecule has 0 fully saturated rings. The van der Waals surface area contributed by atoms with E-state index in [1.807, 2.05) is 54.6 Å². The molecule has 4 aromatic rings. The molecule has 1 aliphatic rings.